The molecule has 0 saturated heterocycles. The van der Waals surface area contributed by atoms with Crippen molar-refractivity contribution in [3.05, 3.63) is 12.0 Å². The van der Waals surface area contributed by atoms with Crippen molar-refractivity contribution in [2.75, 3.05) is 26.4 Å². The number of carbonyl (C=O) groups is 2. The van der Waals surface area contributed by atoms with Gasteiger partial charge in [0.05, 0.1) is 6.61 Å². The fourth-order valence-corrected chi connectivity index (χ4v) is 1.46. The molecule has 1 aliphatic heterocycles. The van der Waals surface area contributed by atoms with E-state index in [2.05, 4.69) is 0 Å². The first-order valence-electron chi connectivity index (χ1n) is 5.97. The van der Waals surface area contributed by atoms with Crippen LogP contribution in [0.25, 0.3) is 0 Å². The highest BCUT2D eigenvalue weighted by Gasteiger charge is 2.26. The minimum atomic E-state index is -0.433. The molecule has 0 aromatic heterocycles. The van der Waals surface area contributed by atoms with E-state index in [0.717, 1.165) is 0 Å². The number of ether oxygens (including phenoxy) is 3. The molecule has 1 rings (SSSR count). The lowest BCUT2D eigenvalue weighted by Gasteiger charge is -2.27. The largest absolute Gasteiger partial charge is 0.494 e. The van der Waals surface area contributed by atoms with Crippen molar-refractivity contribution in [1.29, 1.82) is 0 Å². The third-order valence-electron chi connectivity index (χ3n) is 2.35. The van der Waals surface area contributed by atoms with Gasteiger partial charge in [-0.05, 0) is 20.8 Å². The van der Waals surface area contributed by atoms with Crippen molar-refractivity contribution in [3.8, 4) is 0 Å². The molecule has 0 bridgehead atoms. The molecule has 0 radical (unpaired) electrons. The maximum Gasteiger partial charge on any atom is 0.325 e. The molecule has 0 aliphatic carbocycles. The van der Waals surface area contributed by atoms with Crippen LogP contribution in [-0.4, -0.2) is 49.2 Å². The van der Waals surface area contributed by atoms with Crippen LogP contribution in [0.4, 0.5) is 0 Å². The van der Waals surface area contributed by atoms with Gasteiger partial charge in [0.1, 0.15) is 26.0 Å². The Hall–Kier alpha value is -1.72. The van der Waals surface area contributed by atoms with Crippen LogP contribution in [-0.2, 0) is 23.8 Å². The van der Waals surface area contributed by atoms with Gasteiger partial charge < -0.3 is 19.1 Å². The molecule has 0 N–H and O–H groups in total. The van der Waals surface area contributed by atoms with Crippen LogP contribution in [0.2, 0.25) is 0 Å². The van der Waals surface area contributed by atoms with Crippen LogP contribution in [0.15, 0.2) is 12.0 Å². The van der Waals surface area contributed by atoms with Crippen LogP contribution in [0.5, 0.6) is 0 Å². The fraction of sp³-hybridized carbons (Fsp3) is 0.667. The molecule has 1 heterocycles. The van der Waals surface area contributed by atoms with Gasteiger partial charge in [0.15, 0.2) is 0 Å². The predicted octanol–water partition coefficient (Wildman–Crippen LogP) is 0.675. The van der Waals surface area contributed by atoms with Crippen molar-refractivity contribution in [2.45, 2.75) is 26.8 Å². The van der Waals surface area contributed by atoms with Crippen LogP contribution in [0, 0.1) is 0 Å². The smallest absolute Gasteiger partial charge is 0.325 e. The molecule has 102 valence electrons. The second kappa shape index (κ2) is 6.88. The zero-order valence-electron chi connectivity index (χ0n) is 11.0. The molecule has 6 nitrogen and oxygen atoms in total. The molecular weight excluding hydrogens is 238 g/mol. The van der Waals surface area contributed by atoms with Gasteiger partial charge in [-0.3, -0.25) is 9.59 Å². The van der Waals surface area contributed by atoms with Crippen LogP contribution < -0.4 is 0 Å². The van der Waals surface area contributed by atoms with Crippen molar-refractivity contribution >= 4 is 11.9 Å². The fourth-order valence-electron chi connectivity index (χ4n) is 1.46. The minimum absolute atomic E-state index is 0.0922. The highest BCUT2D eigenvalue weighted by molar-refractivity contribution is 5.93. The Balaban J connectivity index is 2.69. The molecule has 0 atom stereocenters. The summed E-state index contributed by atoms with van der Waals surface area (Å²) in [5, 5.41) is 0. The van der Waals surface area contributed by atoms with Crippen molar-refractivity contribution < 1.29 is 23.8 Å². The Kier molecular flexibility index (Phi) is 5.48. The number of nitrogens with zero attached hydrogens (tertiary/aromatic N) is 1. The van der Waals surface area contributed by atoms with E-state index in [1.807, 2.05) is 13.8 Å². The normalized spacial score (nSPS) is 14.3. The molecular formula is C12H19NO5. The number of esters is 1. The third-order valence-corrected chi connectivity index (χ3v) is 2.35. The summed E-state index contributed by atoms with van der Waals surface area (Å²) in [4.78, 5) is 24.9. The minimum Gasteiger partial charge on any atom is -0.494 e. The summed E-state index contributed by atoms with van der Waals surface area (Å²) in [6.07, 6.45) is 1.28. The van der Waals surface area contributed by atoms with E-state index in [0.29, 0.717) is 19.8 Å². The van der Waals surface area contributed by atoms with E-state index >= 15 is 0 Å². The molecule has 0 aromatic rings. The molecule has 0 aromatic carbocycles. The summed E-state index contributed by atoms with van der Waals surface area (Å²) in [6.45, 7) is 6.33. The molecule has 0 unspecified atom stereocenters. The number of hydrogen-bond acceptors (Lipinski definition) is 5. The molecule has 1 amide bonds. The lowest BCUT2D eigenvalue weighted by atomic mass is 10.3. The van der Waals surface area contributed by atoms with Gasteiger partial charge in [0.25, 0.3) is 5.91 Å². The van der Waals surface area contributed by atoms with Crippen molar-refractivity contribution in [1.82, 2.24) is 4.90 Å². The highest BCUT2D eigenvalue weighted by atomic mass is 16.6. The number of amides is 1. The van der Waals surface area contributed by atoms with Gasteiger partial charge in [-0.15, -0.1) is 0 Å². The van der Waals surface area contributed by atoms with Gasteiger partial charge in [0.2, 0.25) is 5.76 Å². The first kappa shape index (κ1) is 14.3. The van der Waals surface area contributed by atoms with Gasteiger partial charge in [-0.1, -0.05) is 0 Å². The first-order chi connectivity index (χ1) is 8.56. The van der Waals surface area contributed by atoms with E-state index in [1.54, 1.807) is 6.92 Å². The Bertz CT molecular complexity index is 337. The Morgan fingerprint density at radius 2 is 2.17 bits per heavy atom. The van der Waals surface area contributed by atoms with Crippen LogP contribution in [0.1, 0.15) is 20.8 Å². The zero-order valence-corrected chi connectivity index (χ0v) is 11.0. The number of rotatable bonds is 5. The van der Waals surface area contributed by atoms with Crippen LogP contribution in [0.3, 0.4) is 0 Å². The van der Waals surface area contributed by atoms with Crippen molar-refractivity contribution in [2.24, 2.45) is 0 Å². The summed E-state index contributed by atoms with van der Waals surface area (Å²) in [6, 6.07) is -0.131. The maximum absolute atomic E-state index is 12.1. The summed E-state index contributed by atoms with van der Waals surface area (Å²) < 4.78 is 15.1. The van der Waals surface area contributed by atoms with E-state index in [4.69, 9.17) is 14.2 Å². The van der Waals surface area contributed by atoms with Crippen LogP contribution >= 0.6 is 0 Å². The first-order valence-corrected chi connectivity index (χ1v) is 5.97. The van der Waals surface area contributed by atoms with E-state index in [1.165, 1.54) is 11.2 Å². The quantitative estimate of drug-likeness (QED) is 0.677. The Morgan fingerprint density at radius 1 is 1.44 bits per heavy atom. The third kappa shape index (κ3) is 3.94. The SMILES string of the molecule is CCOC(=O)CN(C(=O)C1=COCCO1)C(C)C. The summed E-state index contributed by atoms with van der Waals surface area (Å²) in [7, 11) is 0. The Labute approximate surface area is 106 Å². The second-order valence-electron chi connectivity index (χ2n) is 4.03. The Morgan fingerprint density at radius 3 is 2.67 bits per heavy atom. The lowest BCUT2D eigenvalue weighted by molar-refractivity contribution is -0.150. The van der Waals surface area contributed by atoms with Crippen molar-refractivity contribution in [3.63, 3.8) is 0 Å². The molecule has 1 aliphatic rings. The molecule has 0 fully saturated rings. The lowest BCUT2D eigenvalue weighted by Crippen LogP contribution is -2.42. The van der Waals surface area contributed by atoms with Gasteiger partial charge >= 0.3 is 5.97 Å². The van der Waals surface area contributed by atoms with Gasteiger partial charge in [0, 0.05) is 6.04 Å². The zero-order chi connectivity index (χ0) is 13.5. The standard InChI is InChI=1S/C12H19NO5/c1-4-17-11(14)7-13(9(2)3)12(15)10-8-16-5-6-18-10/h8-9H,4-7H2,1-3H3. The molecule has 18 heavy (non-hydrogen) atoms. The second-order valence-corrected chi connectivity index (χ2v) is 4.03. The number of carbonyl (C=O) groups excluding carboxylic acids is 2. The van der Waals surface area contributed by atoms with E-state index in [9.17, 15) is 9.59 Å². The van der Waals surface area contributed by atoms with E-state index < -0.39 is 5.97 Å². The summed E-state index contributed by atoms with van der Waals surface area (Å²) >= 11 is 0. The molecule has 6 heteroatoms. The number of hydrogen-bond donors (Lipinski definition) is 0. The molecule has 0 saturated carbocycles. The summed E-state index contributed by atoms with van der Waals surface area (Å²) in [5.41, 5.74) is 0. The monoisotopic (exact) mass is 257 g/mol. The average Bonchev–Trinajstić information content (AvgIpc) is 2.36. The average molecular weight is 257 g/mol. The van der Waals surface area contributed by atoms with Gasteiger partial charge in [-0.25, -0.2) is 0 Å². The predicted molar refractivity (Wildman–Crippen MR) is 63.5 cm³/mol. The summed E-state index contributed by atoms with van der Waals surface area (Å²) in [5.74, 6) is -0.672. The molecule has 0 spiro atoms. The van der Waals surface area contributed by atoms with E-state index in [-0.39, 0.29) is 24.3 Å². The maximum atomic E-state index is 12.1. The topological polar surface area (TPSA) is 65.1 Å². The highest BCUT2D eigenvalue weighted by Crippen LogP contribution is 2.11. The van der Waals surface area contributed by atoms with Gasteiger partial charge in [-0.2, -0.15) is 0 Å².